The Hall–Kier alpha value is -2.94. The van der Waals surface area contributed by atoms with Crippen molar-refractivity contribution in [1.29, 1.82) is 0 Å². The number of imidazole rings is 1. The lowest BCUT2D eigenvalue weighted by atomic mass is 9.64. The highest BCUT2D eigenvalue weighted by atomic mass is 16.5. The molecule has 0 aromatic carbocycles. The standard InChI is InChI=1S/C28H39N5O4/c1-19-20(7-5-11-28(19,2)3)17-29-25(34)22-8-4-10-24-30-21(18-33(22)24)26(35)31-12-14-32(15-13-31)27(36)23-9-6-16-37-23/h4,8,10,18-20,23H,5-7,9,11-17H2,1-3H3,(H,29,34). The van der Waals surface area contributed by atoms with Crippen molar-refractivity contribution < 1.29 is 19.1 Å². The molecule has 9 heteroatoms. The highest BCUT2D eigenvalue weighted by Gasteiger charge is 2.36. The van der Waals surface area contributed by atoms with Gasteiger partial charge in [-0.05, 0) is 55.1 Å². The number of carbonyl (C=O) groups excluding carboxylic acids is 3. The number of hydrogen-bond acceptors (Lipinski definition) is 5. The molecule has 3 amide bonds. The van der Waals surface area contributed by atoms with Gasteiger partial charge in [-0.2, -0.15) is 0 Å². The van der Waals surface area contributed by atoms with Crippen LogP contribution in [0.3, 0.4) is 0 Å². The molecular weight excluding hydrogens is 470 g/mol. The van der Waals surface area contributed by atoms with Crippen molar-refractivity contribution >= 4 is 23.4 Å². The Balaban J connectivity index is 1.22. The zero-order valence-electron chi connectivity index (χ0n) is 22.2. The van der Waals surface area contributed by atoms with E-state index in [0.717, 1.165) is 19.3 Å². The Morgan fingerprint density at radius 3 is 2.57 bits per heavy atom. The van der Waals surface area contributed by atoms with Crippen molar-refractivity contribution in [3.63, 3.8) is 0 Å². The van der Waals surface area contributed by atoms with Gasteiger partial charge < -0.3 is 19.9 Å². The Kier molecular flexibility index (Phi) is 7.25. The summed E-state index contributed by atoms with van der Waals surface area (Å²) in [5.74, 6) is 0.685. The minimum atomic E-state index is -0.335. The molecule has 2 aromatic rings. The molecule has 3 atom stereocenters. The van der Waals surface area contributed by atoms with E-state index in [1.54, 1.807) is 38.6 Å². The molecule has 4 heterocycles. The molecule has 2 aromatic heterocycles. The van der Waals surface area contributed by atoms with Crippen molar-refractivity contribution in [1.82, 2.24) is 24.5 Å². The molecule has 0 spiro atoms. The van der Waals surface area contributed by atoms with Crippen LogP contribution in [0.5, 0.6) is 0 Å². The van der Waals surface area contributed by atoms with Gasteiger partial charge in [0, 0.05) is 45.5 Å². The van der Waals surface area contributed by atoms with E-state index in [9.17, 15) is 14.4 Å². The first kappa shape index (κ1) is 25.7. The molecule has 9 nitrogen and oxygen atoms in total. The molecule has 1 N–H and O–H groups in total. The van der Waals surface area contributed by atoms with E-state index < -0.39 is 0 Å². The zero-order valence-corrected chi connectivity index (χ0v) is 22.2. The highest BCUT2D eigenvalue weighted by molar-refractivity contribution is 5.95. The van der Waals surface area contributed by atoms with Crippen molar-refractivity contribution in [2.75, 3.05) is 39.3 Å². The van der Waals surface area contributed by atoms with E-state index in [1.165, 1.54) is 12.8 Å². The lowest BCUT2D eigenvalue weighted by Crippen LogP contribution is -2.52. The van der Waals surface area contributed by atoms with E-state index in [2.05, 4.69) is 31.1 Å². The number of hydrogen-bond donors (Lipinski definition) is 1. The SMILES string of the molecule is CC1C(CNC(=O)c2cccc3nc(C(=O)N4CCN(C(=O)C5CCCO5)CC4)cn23)CCCC1(C)C. The van der Waals surface area contributed by atoms with Crippen molar-refractivity contribution in [3.8, 4) is 0 Å². The summed E-state index contributed by atoms with van der Waals surface area (Å²) in [5.41, 5.74) is 1.63. The molecule has 0 radical (unpaired) electrons. The van der Waals surface area contributed by atoms with Crippen LogP contribution in [0.4, 0.5) is 0 Å². The van der Waals surface area contributed by atoms with Crippen LogP contribution < -0.4 is 5.32 Å². The van der Waals surface area contributed by atoms with Crippen LogP contribution in [0.25, 0.3) is 5.65 Å². The van der Waals surface area contributed by atoms with Gasteiger partial charge in [0.05, 0.1) is 0 Å². The van der Waals surface area contributed by atoms with Crippen molar-refractivity contribution in [2.45, 2.75) is 59.0 Å². The van der Waals surface area contributed by atoms with Gasteiger partial charge in [0.25, 0.3) is 17.7 Å². The number of amides is 3. The summed E-state index contributed by atoms with van der Waals surface area (Å²) in [5, 5.41) is 3.14. The number of rotatable bonds is 5. The third-order valence-electron chi connectivity index (χ3n) is 8.89. The minimum Gasteiger partial charge on any atom is -0.368 e. The van der Waals surface area contributed by atoms with Crippen LogP contribution in [0, 0.1) is 17.3 Å². The number of carbonyl (C=O) groups is 3. The lowest BCUT2D eigenvalue weighted by Gasteiger charge is -2.42. The molecule has 2 aliphatic heterocycles. The summed E-state index contributed by atoms with van der Waals surface area (Å²) in [7, 11) is 0. The predicted octanol–water partition coefficient (Wildman–Crippen LogP) is 2.99. The van der Waals surface area contributed by atoms with Crippen LogP contribution in [-0.2, 0) is 9.53 Å². The maximum atomic E-state index is 13.2. The third-order valence-corrected chi connectivity index (χ3v) is 8.89. The van der Waals surface area contributed by atoms with E-state index in [-0.39, 0.29) is 29.2 Å². The van der Waals surface area contributed by atoms with Crippen LogP contribution in [0.15, 0.2) is 24.4 Å². The first-order valence-corrected chi connectivity index (χ1v) is 13.7. The zero-order chi connectivity index (χ0) is 26.2. The molecule has 3 unspecified atom stereocenters. The van der Waals surface area contributed by atoms with Crippen LogP contribution in [-0.4, -0.2) is 82.3 Å². The van der Waals surface area contributed by atoms with E-state index >= 15 is 0 Å². The average Bonchev–Trinajstić information content (AvgIpc) is 3.59. The number of fused-ring (bicyclic) bond motifs is 1. The first-order chi connectivity index (χ1) is 17.7. The summed E-state index contributed by atoms with van der Waals surface area (Å²) >= 11 is 0. The van der Waals surface area contributed by atoms with Gasteiger partial charge in [0.2, 0.25) is 0 Å². The molecule has 3 aliphatic rings. The monoisotopic (exact) mass is 509 g/mol. The van der Waals surface area contributed by atoms with Crippen molar-refractivity contribution in [2.24, 2.45) is 17.3 Å². The van der Waals surface area contributed by atoms with E-state index in [4.69, 9.17) is 4.74 Å². The molecule has 0 bridgehead atoms. The van der Waals surface area contributed by atoms with Gasteiger partial charge in [-0.1, -0.05) is 33.3 Å². The summed E-state index contributed by atoms with van der Waals surface area (Å²) in [6.07, 6.45) is 6.56. The molecule has 5 rings (SSSR count). The Morgan fingerprint density at radius 1 is 1.08 bits per heavy atom. The summed E-state index contributed by atoms with van der Waals surface area (Å²) in [4.78, 5) is 47.0. The lowest BCUT2D eigenvalue weighted by molar-refractivity contribution is -0.142. The number of ether oxygens (including phenoxy) is 1. The summed E-state index contributed by atoms with van der Waals surface area (Å²) in [6, 6.07) is 5.37. The fourth-order valence-electron chi connectivity index (χ4n) is 6.10. The number of aromatic nitrogens is 2. The van der Waals surface area contributed by atoms with Gasteiger partial charge >= 0.3 is 0 Å². The smallest absolute Gasteiger partial charge is 0.274 e. The fourth-order valence-corrected chi connectivity index (χ4v) is 6.10. The van der Waals surface area contributed by atoms with Crippen LogP contribution >= 0.6 is 0 Å². The second-order valence-corrected chi connectivity index (χ2v) is 11.5. The number of piperazine rings is 1. The minimum absolute atomic E-state index is 0.0270. The highest BCUT2D eigenvalue weighted by Crippen LogP contribution is 2.43. The Labute approximate surface area is 218 Å². The first-order valence-electron chi connectivity index (χ1n) is 13.7. The predicted molar refractivity (Wildman–Crippen MR) is 139 cm³/mol. The van der Waals surface area contributed by atoms with Gasteiger partial charge in [-0.3, -0.25) is 18.8 Å². The van der Waals surface area contributed by atoms with Crippen LogP contribution in [0.1, 0.15) is 73.9 Å². The topological polar surface area (TPSA) is 96.3 Å². The molecule has 1 saturated carbocycles. The average molecular weight is 510 g/mol. The molecule has 200 valence electrons. The van der Waals surface area contributed by atoms with Crippen LogP contribution in [0.2, 0.25) is 0 Å². The van der Waals surface area contributed by atoms with Gasteiger partial charge in [-0.25, -0.2) is 4.98 Å². The number of nitrogens with one attached hydrogen (secondary N) is 1. The summed E-state index contributed by atoms with van der Waals surface area (Å²) in [6.45, 7) is 10.1. The molecule has 2 saturated heterocycles. The number of pyridine rings is 1. The van der Waals surface area contributed by atoms with E-state index in [1.807, 2.05) is 0 Å². The molecule has 1 aliphatic carbocycles. The second-order valence-electron chi connectivity index (χ2n) is 11.5. The Morgan fingerprint density at radius 2 is 1.84 bits per heavy atom. The van der Waals surface area contributed by atoms with Crippen molar-refractivity contribution in [3.05, 3.63) is 35.8 Å². The van der Waals surface area contributed by atoms with Gasteiger partial charge in [0.1, 0.15) is 23.1 Å². The normalized spacial score (nSPS) is 25.9. The quantitative estimate of drug-likeness (QED) is 0.669. The third kappa shape index (κ3) is 5.23. The summed E-state index contributed by atoms with van der Waals surface area (Å²) < 4.78 is 7.23. The van der Waals surface area contributed by atoms with Gasteiger partial charge in [-0.15, -0.1) is 0 Å². The molecule has 37 heavy (non-hydrogen) atoms. The Bertz CT molecular complexity index is 1160. The molecule has 3 fully saturated rings. The van der Waals surface area contributed by atoms with E-state index in [0.29, 0.717) is 68.2 Å². The maximum absolute atomic E-state index is 13.2. The largest absolute Gasteiger partial charge is 0.368 e. The maximum Gasteiger partial charge on any atom is 0.274 e. The fraction of sp³-hybridized carbons (Fsp3) is 0.643. The molecular formula is C28H39N5O4. The van der Waals surface area contributed by atoms with Gasteiger partial charge in [0.15, 0.2) is 0 Å². The number of nitrogens with zero attached hydrogens (tertiary/aromatic N) is 4. The second kappa shape index (κ2) is 10.4.